The molecule has 1 saturated heterocycles. The summed E-state index contributed by atoms with van der Waals surface area (Å²) in [6, 6.07) is 19.4. The molecule has 2 amide bonds. The zero-order chi connectivity index (χ0) is 27.8. The minimum atomic E-state index is -4.18. The van der Waals surface area contributed by atoms with Crippen LogP contribution in [-0.2, 0) is 14.8 Å². The fourth-order valence-electron chi connectivity index (χ4n) is 4.56. The van der Waals surface area contributed by atoms with Gasteiger partial charge in [0.15, 0.2) is 11.5 Å². The molecule has 0 radical (unpaired) electrons. The number of hydrogen-bond donors (Lipinski definition) is 1. The van der Waals surface area contributed by atoms with Crippen molar-refractivity contribution in [2.75, 3.05) is 43.5 Å². The van der Waals surface area contributed by atoms with Crippen molar-refractivity contribution in [3.63, 3.8) is 0 Å². The van der Waals surface area contributed by atoms with Gasteiger partial charge in [-0.15, -0.1) is 0 Å². The third kappa shape index (κ3) is 6.51. The van der Waals surface area contributed by atoms with E-state index in [1.165, 1.54) is 32.4 Å². The first-order valence-corrected chi connectivity index (χ1v) is 14.3. The first-order valence-electron chi connectivity index (χ1n) is 12.8. The summed E-state index contributed by atoms with van der Waals surface area (Å²) in [6.07, 6.45) is 4.07. The van der Waals surface area contributed by atoms with Gasteiger partial charge in [-0.25, -0.2) is 8.42 Å². The summed E-state index contributed by atoms with van der Waals surface area (Å²) < 4.78 is 39.1. The van der Waals surface area contributed by atoms with Crippen LogP contribution in [0.3, 0.4) is 0 Å². The molecule has 3 aromatic carbocycles. The molecule has 0 aromatic heterocycles. The van der Waals surface area contributed by atoms with Gasteiger partial charge in [-0.3, -0.25) is 13.9 Å². The highest BCUT2D eigenvalue weighted by atomic mass is 32.2. The fraction of sp³-hybridized carbons (Fsp3) is 0.310. The Morgan fingerprint density at radius 1 is 0.846 bits per heavy atom. The second-order valence-electron chi connectivity index (χ2n) is 9.16. The van der Waals surface area contributed by atoms with Gasteiger partial charge in [0.05, 0.1) is 36.1 Å². The summed E-state index contributed by atoms with van der Waals surface area (Å²) in [5.41, 5.74) is 1.03. The Balaban J connectivity index is 1.62. The Hall–Kier alpha value is -4.05. The number of hydrogen-bond acceptors (Lipinski definition) is 6. The normalized spacial score (nSPS) is 13.7. The second-order valence-corrected chi connectivity index (χ2v) is 11.0. The van der Waals surface area contributed by atoms with Crippen molar-refractivity contribution in [3.8, 4) is 11.5 Å². The van der Waals surface area contributed by atoms with Crippen LogP contribution in [0, 0.1) is 0 Å². The number of anilines is 2. The minimum Gasteiger partial charge on any atom is -0.493 e. The molecule has 1 aliphatic rings. The molecule has 0 unspecified atom stereocenters. The molecule has 3 aromatic rings. The van der Waals surface area contributed by atoms with Crippen molar-refractivity contribution >= 4 is 33.2 Å². The largest absolute Gasteiger partial charge is 0.493 e. The summed E-state index contributed by atoms with van der Waals surface area (Å²) in [5.74, 6) is -0.104. The molecule has 39 heavy (non-hydrogen) atoms. The second kappa shape index (κ2) is 12.7. The van der Waals surface area contributed by atoms with E-state index in [0.29, 0.717) is 35.8 Å². The maximum absolute atomic E-state index is 13.8. The van der Waals surface area contributed by atoms with Crippen molar-refractivity contribution in [3.05, 3.63) is 78.4 Å². The molecule has 0 bridgehead atoms. The van der Waals surface area contributed by atoms with E-state index < -0.39 is 22.5 Å². The van der Waals surface area contributed by atoms with Gasteiger partial charge < -0.3 is 19.7 Å². The SMILES string of the molecule is COc1ccc(S(=O)(=O)N(CC(=O)Nc2ccccc2C(=O)N2CCCCCC2)c2ccccc2)cc1OC. The highest BCUT2D eigenvalue weighted by Crippen LogP contribution is 2.32. The van der Waals surface area contributed by atoms with Crippen LogP contribution in [-0.4, -0.2) is 59.0 Å². The van der Waals surface area contributed by atoms with Crippen molar-refractivity contribution in [1.82, 2.24) is 4.90 Å². The molecule has 0 atom stereocenters. The molecule has 0 saturated carbocycles. The molecular formula is C29H33N3O6S. The zero-order valence-corrected chi connectivity index (χ0v) is 22.9. The molecule has 9 nitrogen and oxygen atoms in total. The molecule has 1 aliphatic heterocycles. The summed E-state index contributed by atoms with van der Waals surface area (Å²) in [5, 5.41) is 2.77. The first-order chi connectivity index (χ1) is 18.8. The topological polar surface area (TPSA) is 105 Å². The monoisotopic (exact) mass is 551 g/mol. The number of carbonyl (C=O) groups excluding carboxylic acids is 2. The number of benzene rings is 3. The molecule has 0 spiro atoms. The number of amides is 2. The van der Waals surface area contributed by atoms with Crippen LogP contribution in [0.25, 0.3) is 0 Å². The third-order valence-electron chi connectivity index (χ3n) is 6.60. The number of ether oxygens (including phenoxy) is 2. The summed E-state index contributed by atoms with van der Waals surface area (Å²) in [7, 11) is -1.31. The van der Waals surface area contributed by atoms with Gasteiger partial charge in [0.1, 0.15) is 6.54 Å². The lowest BCUT2D eigenvalue weighted by Gasteiger charge is -2.25. The minimum absolute atomic E-state index is 0.0615. The van der Waals surface area contributed by atoms with Gasteiger partial charge in [-0.05, 0) is 49.2 Å². The Kier molecular flexibility index (Phi) is 9.08. The quantitative estimate of drug-likeness (QED) is 0.418. The van der Waals surface area contributed by atoms with Gasteiger partial charge >= 0.3 is 0 Å². The van der Waals surface area contributed by atoms with Crippen LogP contribution in [0.5, 0.6) is 11.5 Å². The number of para-hydroxylation sites is 2. The van der Waals surface area contributed by atoms with E-state index in [2.05, 4.69) is 5.32 Å². The van der Waals surface area contributed by atoms with E-state index in [4.69, 9.17) is 9.47 Å². The van der Waals surface area contributed by atoms with Crippen molar-refractivity contribution < 1.29 is 27.5 Å². The third-order valence-corrected chi connectivity index (χ3v) is 8.37. The van der Waals surface area contributed by atoms with Crippen LogP contribution in [0.2, 0.25) is 0 Å². The average molecular weight is 552 g/mol. The Morgan fingerprint density at radius 2 is 1.49 bits per heavy atom. The van der Waals surface area contributed by atoms with E-state index in [-0.39, 0.29) is 16.6 Å². The van der Waals surface area contributed by atoms with Crippen LogP contribution in [0.4, 0.5) is 11.4 Å². The Labute approximate surface area is 229 Å². The molecular weight excluding hydrogens is 518 g/mol. The molecule has 1 heterocycles. The highest BCUT2D eigenvalue weighted by molar-refractivity contribution is 7.92. The Morgan fingerprint density at radius 3 is 2.15 bits per heavy atom. The van der Waals surface area contributed by atoms with E-state index >= 15 is 0 Å². The van der Waals surface area contributed by atoms with E-state index in [1.54, 1.807) is 54.6 Å². The first kappa shape index (κ1) is 28.0. The number of nitrogens with zero attached hydrogens (tertiary/aromatic N) is 2. The maximum Gasteiger partial charge on any atom is 0.264 e. The fourth-order valence-corrected chi connectivity index (χ4v) is 5.99. The summed E-state index contributed by atoms with van der Waals surface area (Å²) in [4.78, 5) is 28.4. The molecule has 0 aliphatic carbocycles. The predicted molar refractivity (Wildman–Crippen MR) is 150 cm³/mol. The van der Waals surface area contributed by atoms with Crippen LogP contribution in [0.1, 0.15) is 36.0 Å². The van der Waals surface area contributed by atoms with Gasteiger partial charge in [0.2, 0.25) is 5.91 Å². The zero-order valence-electron chi connectivity index (χ0n) is 22.1. The smallest absolute Gasteiger partial charge is 0.264 e. The standard InChI is InChI=1S/C29H33N3O6S/c1-37-26-17-16-23(20-27(26)38-2)39(35,36)32(22-12-6-5-7-13-22)21-28(33)30-25-15-9-8-14-24(25)29(34)31-18-10-3-4-11-19-31/h5-9,12-17,20H,3-4,10-11,18-19,21H2,1-2H3,(H,30,33). The molecule has 1 fully saturated rings. The summed E-state index contributed by atoms with van der Waals surface area (Å²) >= 11 is 0. The highest BCUT2D eigenvalue weighted by Gasteiger charge is 2.29. The predicted octanol–water partition coefficient (Wildman–Crippen LogP) is 4.55. The number of rotatable bonds is 9. The van der Waals surface area contributed by atoms with Crippen LogP contribution >= 0.6 is 0 Å². The number of sulfonamides is 1. The molecule has 206 valence electrons. The number of methoxy groups -OCH3 is 2. The van der Waals surface area contributed by atoms with Gasteiger partial charge in [0.25, 0.3) is 15.9 Å². The number of carbonyl (C=O) groups is 2. The van der Waals surface area contributed by atoms with E-state index in [1.807, 2.05) is 4.90 Å². The number of likely N-dealkylation sites (tertiary alicyclic amines) is 1. The molecule has 10 heteroatoms. The van der Waals surface area contributed by atoms with Gasteiger partial charge in [-0.1, -0.05) is 43.2 Å². The van der Waals surface area contributed by atoms with Crippen molar-refractivity contribution in [2.45, 2.75) is 30.6 Å². The number of nitrogens with one attached hydrogen (secondary N) is 1. The van der Waals surface area contributed by atoms with Crippen LogP contribution in [0.15, 0.2) is 77.7 Å². The van der Waals surface area contributed by atoms with Crippen molar-refractivity contribution in [2.24, 2.45) is 0 Å². The van der Waals surface area contributed by atoms with Crippen molar-refractivity contribution in [1.29, 1.82) is 0 Å². The molecule has 4 rings (SSSR count). The van der Waals surface area contributed by atoms with Gasteiger partial charge in [-0.2, -0.15) is 0 Å². The average Bonchev–Trinajstić information content (AvgIpc) is 3.25. The summed E-state index contributed by atoms with van der Waals surface area (Å²) in [6.45, 7) is 0.839. The van der Waals surface area contributed by atoms with E-state index in [9.17, 15) is 18.0 Å². The Bertz CT molecular complexity index is 1400. The van der Waals surface area contributed by atoms with Gasteiger partial charge in [0, 0.05) is 19.2 Å². The molecule has 1 N–H and O–H groups in total. The van der Waals surface area contributed by atoms with E-state index in [0.717, 1.165) is 30.0 Å². The van der Waals surface area contributed by atoms with Crippen LogP contribution < -0.4 is 19.1 Å². The maximum atomic E-state index is 13.8. The lowest BCUT2D eigenvalue weighted by atomic mass is 10.1. The lowest BCUT2D eigenvalue weighted by molar-refractivity contribution is -0.114. The lowest BCUT2D eigenvalue weighted by Crippen LogP contribution is -2.38.